The highest BCUT2D eigenvalue weighted by Crippen LogP contribution is 2.14. The number of likely N-dealkylation sites (N-methyl/N-ethyl adjacent to an activating group) is 1. The van der Waals surface area contributed by atoms with Crippen molar-refractivity contribution >= 4 is 22.4 Å². The Balaban J connectivity index is 1.77. The Morgan fingerprint density at radius 1 is 1.55 bits per heavy atom. The van der Waals surface area contributed by atoms with Gasteiger partial charge >= 0.3 is 0 Å². The molecule has 1 amide bonds. The van der Waals surface area contributed by atoms with E-state index in [4.69, 9.17) is 4.74 Å². The molecule has 1 aromatic heterocycles. The molecule has 1 unspecified atom stereocenters. The maximum Gasteiger partial charge on any atom is 0.282 e. The maximum absolute atomic E-state index is 12.0. The number of nitrogens with one attached hydrogen (secondary N) is 2. The van der Waals surface area contributed by atoms with Crippen LogP contribution in [0.4, 0.5) is 5.13 Å². The van der Waals surface area contributed by atoms with Crippen LogP contribution < -0.4 is 10.6 Å². The third kappa shape index (κ3) is 4.39. The molecular weight excluding hydrogens is 278 g/mol. The molecule has 2 heterocycles. The van der Waals surface area contributed by atoms with Crippen LogP contribution >= 0.6 is 11.3 Å². The number of hydrogen-bond acceptors (Lipinski definition) is 7. The number of amides is 1. The molecule has 20 heavy (non-hydrogen) atoms. The summed E-state index contributed by atoms with van der Waals surface area (Å²) in [6, 6.07) is 0. The number of carbonyl (C=O) groups excluding carboxylic acids is 1. The topological polar surface area (TPSA) is 79.4 Å². The summed E-state index contributed by atoms with van der Waals surface area (Å²) in [5, 5.41) is 14.9. The third-order valence-corrected chi connectivity index (χ3v) is 3.86. The van der Waals surface area contributed by atoms with E-state index in [2.05, 4.69) is 32.7 Å². The highest BCUT2D eigenvalue weighted by Gasteiger charge is 2.19. The first-order valence-electron chi connectivity index (χ1n) is 6.84. The Kier molecular flexibility index (Phi) is 5.69. The molecule has 1 aromatic rings. The van der Waals surface area contributed by atoms with Crippen LogP contribution in [0, 0.1) is 0 Å². The van der Waals surface area contributed by atoms with Crippen LogP contribution in [-0.4, -0.2) is 66.9 Å². The van der Waals surface area contributed by atoms with E-state index in [9.17, 15) is 4.79 Å². The average Bonchev–Trinajstić information content (AvgIpc) is 2.91. The first kappa shape index (κ1) is 15.1. The van der Waals surface area contributed by atoms with Gasteiger partial charge in [0.15, 0.2) is 0 Å². The number of hydrogen-bond donors (Lipinski definition) is 2. The maximum atomic E-state index is 12.0. The first-order valence-corrected chi connectivity index (χ1v) is 7.66. The molecule has 0 saturated carbocycles. The van der Waals surface area contributed by atoms with Crippen LogP contribution in [0.1, 0.15) is 23.1 Å². The van der Waals surface area contributed by atoms with Gasteiger partial charge in [-0.25, -0.2) is 0 Å². The van der Waals surface area contributed by atoms with E-state index in [1.54, 1.807) is 0 Å². The summed E-state index contributed by atoms with van der Waals surface area (Å²) in [6.07, 6.45) is 1.05. The molecule has 0 bridgehead atoms. The molecule has 1 aliphatic rings. The van der Waals surface area contributed by atoms with Crippen molar-refractivity contribution in [2.75, 3.05) is 45.2 Å². The van der Waals surface area contributed by atoms with Gasteiger partial charge in [0.2, 0.25) is 10.1 Å². The quantitative estimate of drug-likeness (QED) is 0.792. The summed E-state index contributed by atoms with van der Waals surface area (Å²) < 4.78 is 5.59. The second-order valence-corrected chi connectivity index (χ2v) is 5.78. The Bertz CT molecular complexity index is 439. The zero-order valence-electron chi connectivity index (χ0n) is 11.9. The Morgan fingerprint density at radius 2 is 2.40 bits per heavy atom. The van der Waals surface area contributed by atoms with Gasteiger partial charge in [0.1, 0.15) is 0 Å². The number of aromatic nitrogens is 2. The zero-order valence-corrected chi connectivity index (χ0v) is 12.7. The van der Waals surface area contributed by atoms with Gasteiger partial charge in [0.05, 0.1) is 12.7 Å². The number of rotatable bonds is 6. The molecule has 0 aromatic carbocycles. The first-order chi connectivity index (χ1) is 9.69. The highest BCUT2D eigenvalue weighted by atomic mass is 32.1. The lowest BCUT2D eigenvalue weighted by molar-refractivity contribution is -0.0175. The monoisotopic (exact) mass is 299 g/mol. The Labute approximate surface area is 122 Å². The highest BCUT2D eigenvalue weighted by molar-refractivity contribution is 7.17. The molecule has 1 saturated heterocycles. The Hall–Kier alpha value is -1.25. The van der Waals surface area contributed by atoms with Crippen molar-refractivity contribution in [3.05, 3.63) is 5.01 Å². The molecule has 112 valence electrons. The Morgan fingerprint density at radius 3 is 3.15 bits per heavy atom. The molecule has 0 spiro atoms. The van der Waals surface area contributed by atoms with Crippen molar-refractivity contribution in [1.29, 1.82) is 0 Å². The van der Waals surface area contributed by atoms with Gasteiger partial charge in [-0.3, -0.25) is 4.79 Å². The lowest BCUT2D eigenvalue weighted by Gasteiger charge is -2.29. The van der Waals surface area contributed by atoms with E-state index in [-0.39, 0.29) is 12.0 Å². The average molecular weight is 299 g/mol. The van der Waals surface area contributed by atoms with Gasteiger partial charge < -0.3 is 20.3 Å². The van der Waals surface area contributed by atoms with E-state index in [1.165, 1.54) is 11.3 Å². The van der Waals surface area contributed by atoms with E-state index < -0.39 is 0 Å². The molecule has 2 N–H and O–H groups in total. The molecule has 0 aliphatic carbocycles. The second-order valence-electron chi connectivity index (χ2n) is 4.80. The molecule has 1 aliphatic heterocycles. The van der Waals surface area contributed by atoms with Crippen LogP contribution in [0.15, 0.2) is 0 Å². The van der Waals surface area contributed by atoms with Gasteiger partial charge in [-0.15, -0.1) is 10.2 Å². The normalized spacial score (nSPS) is 19.8. The van der Waals surface area contributed by atoms with Gasteiger partial charge in [-0.1, -0.05) is 18.3 Å². The van der Waals surface area contributed by atoms with Crippen molar-refractivity contribution in [3.63, 3.8) is 0 Å². The predicted molar refractivity (Wildman–Crippen MR) is 78.3 cm³/mol. The fourth-order valence-corrected chi connectivity index (χ4v) is 2.58. The van der Waals surface area contributed by atoms with Crippen LogP contribution in [0.3, 0.4) is 0 Å². The summed E-state index contributed by atoms with van der Waals surface area (Å²) in [7, 11) is 2.05. The van der Waals surface area contributed by atoms with Crippen molar-refractivity contribution < 1.29 is 9.53 Å². The molecule has 1 fully saturated rings. The van der Waals surface area contributed by atoms with Crippen molar-refractivity contribution in [2.45, 2.75) is 19.4 Å². The molecule has 2 rings (SSSR count). The summed E-state index contributed by atoms with van der Waals surface area (Å²) in [6.45, 7) is 5.88. The minimum Gasteiger partial charge on any atom is -0.374 e. The number of nitrogens with zero attached hydrogens (tertiary/aromatic N) is 3. The van der Waals surface area contributed by atoms with Crippen molar-refractivity contribution in [1.82, 2.24) is 20.4 Å². The van der Waals surface area contributed by atoms with Crippen LogP contribution in [0.2, 0.25) is 0 Å². The molecular formula is C12H21N5O2S. The largest absolute Gasteiger partial charge is 0.374 e. The molecule has 7 nitrogen and oxygen atoms in total. The minimum atomic E-state index is -0.191. The lowest BCUT2D eigenvalue weighted by Crippen LogP contribution is -2.45. The SMILES string of the molecule is CCCNc1nnc(C(=O)NCC2CN(C)CCO2)s1. The number of ether oxygens (including phenoxy) is 1. The van der Waals surface area contributed by atoms with Crippen LogP contribution in [0.5, 0.6) is 0 Å². The second kappa shape index (κ2) is 7.51. The number of anilines is 1. The summed E-state index contributed by atoms with van der Waals surface area (Å²) in [5.41, 5.74) is 0. The fraction of sp³-hybridized carbons (Fsp3) is 0.750. The molecule has 1 atom stereocenters. The molecule has 0 radical (unpaired) electrons. The number of morpholine rings is 1. The van der Waals surface area contributed by atoms with E-state index in [0.717, 1.165) is 26.1 Å². The van der Waals surface area contributed by atoms with E-state index >= 15 is 0 Å². The van der Waals surface area contributed by atoms with Gasteiger partial charge in [-0.2, -0.15) is 0 Å². The van der Waals surface area contributed by atoms with E-state index in [0.29, 0.717) is 23.3 Å². The fourth-order valence-electron chi connectivity index (χ4n) is 1.89. The zero-order chi connectivity index (χ0) is 14.4. The van der Waals surface area contributed by atoms with Gasteiger partial charge in [0.25, 0.3) is 5.91 Å². The van der Waals surface area contributed by atoms with Gasteiger partial charge in [-0.05, 0) is 13.5 Å². The summed E-state index contributed by atoms with van der Waals surface area (Å²) in [4.78, 5) is 14.1. The van der Waals surface area contributed by atoms with Crippen LogP contribution in [-0.2, 0) is 4.74 Å². The summed E-state index contributed by atoms with van der Waals surface area (Å²) >= 11 is 1.27. The molecule has 8 heteroatoms. The van der Waals surface area contributed by atoms with Crippen molar-refractivity contribution in [2.24, 2.45) is 0 Å². The minimum absolute atomic E-state index is 0.0447. The predicted octanol–water partition coefficient (Wildman–Crippen LogP) is 0.420. The smallest absolute Gasteiger partial charge is 0.282 e. The van der Waals surface area contributed by atoms with E-state index in [1.807, 2.05) is 7.05 Å². The third-order valence-electron chi connectivity index (χ3n) is 2.98. The van der Waals surface area contributed by atoms with Gasteiger partial charge in [0, 0.05) is 26.2 Å². The lowest BCUT2D eigenvalue weighted by atomic mass is 10.3. The van der Waals surface area contributed by atoms with Crippen molar-refractivity contribution in [3.8, 4) is 0 Å². The standard InChI is InChI=1S/C12H21N5O2S/c1-3-4-13-12-16-15-11(20-12)10(18)14-7-9-8-17(2)5-6-19-9/h9H,3-8H2,1-2H3,(H,13,16)(H,14,18). The summed E-state index contributed by atoms with van der Waals surface area (Å²) in [5.74, 6) is -0.191. The number of carbonyl (C=O) groups is 1. The van der Waals surface area contributed by atoms with Crippen LogP contribution in [0.25, 0.3) is 0 Å².